The van der Waals surface area contributed by atoms with Crippen LogP contribution >= 0.6 is 11.6 Å². The van der Waals surface area contributed by atoms with Crippen molar-refractivity contribution in [2.75, 3.05) is 0 Å². The first-order chi connectivity index (χ1) is 7.09. The normalized spacial score (nSPS) is 10.7. The molecule has 2 rings (SSSR count). The summed E-state index contributed by atoms with van der Waals surface area (Å²) in [6, 6.07) is 2.46. The molecular weight excluding hydrogens is 226 g/mol. The molecule has 0 fully saturated rings. The molecule has 3 nitrogen and oxygen atoms in total. The quantitative estimate of drug-likeness (QED) is 0.756. The van der Waals surface area contributed by atoms with Crippen molar-refractivity contribution in [2.24, 2.45) is 0 Å². The standard InChI is InChI=1S/C9H5ClF2N2O/c1-4-2-3-5(11)6(7(4)12)8-13-14-9(10)15-8/h2-3H,1H3. The largest absolute Gasteiger partial charge is 0.407 e. The highest BCUT2D eigenvalue weighted by molar-refractivity contribution is 6.27. The van der Waals surface area contributed by atoms with E-state index in [-0.39, 0.29) is 16.8 Å². The summed E-state index contributed by atoms with van der Waals surface area (Å²) >= 11 is 5.37. The third-order valence-corrected chi connectivity index (χ3v) is 2.05. The van der Waals surface area contributed by atoms with Gasteiger partial charge in [0.15, 0.2) is 0 Å². The lowest BCUT2D eigenvalue weighted by atomic mass is 10.1. The van der Waals surface area contributed by atoms with Gasteiger partial charge in [-0.3, -0.25) is 0 Å². The molecule has 0 aliphatic rings. The van der Waals surface area contributed by atoms with Crippen molar-refractivity contribution in [2.45, 2.75) is 6.92 Å². The number of aromatic nitrogens is 2. The van der Waals surface area contributed by atoms with Gasteiger partial charge in [0.05, 0.1) is 0 Å². The first kappa shape index (κ1) is 10.0. The predicted octanol–water partition coefficient (Wildman–Crippen LogP) is 2.98. The first-order valence-electron chi connectivity index (χ1n) is 4.03. The molecule has 0 unspecified atom stereocenters. The number of benzene rings is 1. The van der Waals surface area contributed by atoms with Gasteiger partial charge in [-0.1, -0.05) is 11.2 Å². The average molecular weight is 231 g/mol. The molecule has 0 bridgehead atoms. The third kappa shape index (κ3) is 1.70. The van der Waals surface area contributed by atoms with E-state index in [4.69, 9.17) is 16.0 Å². The Kier molecular flexibility index (Phi) is 2.40. The molecule has 2 aromatic rings. The molecule has 0 saturated carbocycles. The maximum atomic E-state index is 13.5. The SMILES string of the molecule is Cc1ccc(F)c(-c2nnc(Cl)o2)c1F. The second-order valence-corrected chi connectivity index (χ2v) is 3.24. The summed E-state index contributed by atoms with van der Waals surface area (Å²) in [6.07, 6.45) is 0. The number of nitrogens with zero attached hydrogens (tertiary/aromatic N) is 2. The van der Waals surface area contributed by atoms with E-state index in [1.807, 2.05) is 0 Å². The van der Waals surface area contributed by atoms with Crippen LogP contribution in [0.1, 0.15) is 5.56 Å². The molecule has 1 heterocycles. The van der Waals surface area contributed by atoms with Crippen molar-refractivity contribution >= 4 is 11.6 Å². The number of halogens is 3. The van der Waals surface area contributed by atoms with Crippen LogP contribution in [0.3, 0.4) is 0 Å². The molecule has 0 atom stereocenters. The fourth-order valence-electron chi connectivity index (χ4n) is 1.16. The van der Waals surface area contributed by atoms with Crippen LogP contribution in [0.2, 0.25) is 5.35 Å². The molecule has 15 heavy (non-hydrogen) atoms. The Hall–Kier alpha value is -1.49. The van der Waals surface area contributed by atoms with E-state index in [1.54, 1.807) is 0 Å². The summed E-state index contributed by atoms with van der Waals surface area (Å²) in [6.45, 7) is 1.51. The van der Waals surface area contributed by atoms with Crippen molar-refractivity contribution in [3.63, 3.8) is 0 Å². The Morgan fingerprint density at radius 1 is 1.27 bits per heavy atom. The average Bonchev–Trinajstić information content (AvgIpc) is 2.59. The Bertz CT molecular complexity index is 513. The monoisotopic (exact) mass is 230 g/mol. The second kappa shape index (κ2) is 3.58. The first-order valence-corrected chi connectivity index (χ1v) is 4.41. The molecule has 1 aromatic carbocycles. The lowest BCUT2D eigenvalue weighted by Crippen LogP contribution is -1.93. The number of rotatable bonds is 1. The van der Waals surface area contributed by atoms with Crippen LogP contribution in [0.4, 0.5) is 8.78 Å². The number of hydrogen-bond acceptors (Lipinski definition) is 3. The van der Waals surface area contributed by atoms with Crippen LogP contribution in [-0.4, -0.2) is 10.2 Å². The van der Waals surface area contributed by atoms with Gasteiger partial charge in [0.2, 0.25) is 0 Å². The topological polar surface area (TPSA) is 38.9 Å². The van der Waals surface area contributed by atoms with E-state index < -0.39 is 11.6 Å². The van der Waals surface area contributed by atoms with Crippen LogP contribution < -0.4 is 0 Å². The maximum Gasteiger partial charge on any atom is 0.313 e. The van der Waals surface area contributed by atoms with Crippen molar-refractivity contribution in [3.05, 3.63) is 34.7 Å². The van der Waals surface area contributed by atoms with Crippen LogP contribution in [0.25, 0.3) is 11.5 Å². The molecule has 0 spiro atoms. The molecular formula is C9H5ClF2N2O. The molecule has 6 heteroatoms. The molecule has 0 aliphatic heterocycles. The van der Waals surface area contributed by atoms with Gasteiger partial charge in [0, 0.05) is 0 Å². The molecule has 1 aromatic heterocycles. The summed E-state index contributed by atoms with van der Waals surface area (Å²) in [4.78, 5) is 0. The third-order valence-electron chi connectivity index (χ3n) is 1.90. The Morgan fingerprint density at radius 2 is 2.00 bits per heavy atom. The summed E-state index contributed by atoms with van der Waals surface area (Å²) in [5.41, 5.74) is -0.0601. The second-order valence-electron chi connectivity index (χ2n) is 2.91. The van der Waals surface area contributed by atoms with Crippen LogP contribution in [0.15, 0.2) is 16.5 Å². The highest BCUT2D eigenvalue weighted by atomic mass is 35.5. The van der Waals surface area contributed by atoms with Crippen molar-refractivity contribution in [1.29, 1.82) is 0 Å². The van der Waals surface area contributed by atoms with Gasteiger partial charge in [-0.05, 0) is 30.2 Å². The smallest absolute Gasteiger partial charge is 0.313 e. The fourth-order valence-corrected chi connectivity index (χ4v) is 1.27. The van der Waals surface area contributed by atoms with Crippen LogP contribution in [0, 0.1) is 18.6 Å². The molecule has 0 aliphatic carbocycles. The predicted molar refractivity (Wildman–Crippen MR) is 49.4 cm³/mol. The fraction of sp³-hybridized carbons (Fsp3) is 0.111. The molecule has 0 N–H and O–H groups in total. The van der Waals surface area contributed by atoms with E-state index >= 15 is 0 Å². The molecule has 0 saturated heterocycles. The summed E-state index contributed by atoms with van der Waals surface area (Å²) in [7, 11) is 0. The van der Waals surface area contributed by atoms with Gasteiger partial charge < -0.3 is 4.42 Å². The lowest BCUT2D eigenvalue weighted by molar-refractivity contribution is 0.538. The van der Waals surface area contributed by atoms with Gasteiger partial charge in [-0.25, -0.2) is 8.78 Å². The Balaban J connectivity index is 2.66. The highest BCUT2D eigenvalue weighted by Gasteiger charge is 2.18. The van der Waals surface area contributed by atoms with Crippen LogP contribution in [-0.2, 0) is 0 Å². The van der Waals surface area contributed by atoms with Gasteiger partial charge >= 0.3 is 5.35 Å². The minimum absolute atomic E-state index is 0.259. The summed E-state index contributed by atoms with van der Waals surface area (Å²) in [5.74, 6) is -1.76. The van der Waals surface area contributed by atoms with Gasteiger partial charge in [-0.15, -0.1) is 5.10 Å². The minimum Gasteiger partial charge on any atom is -0.407 e. The van der Waals surface area contributed by atoms with Crippen molar-refractivity contribution in [1.82, 2.24) is 10.2 Å². The van der Waals surface area contributed by atoms with E-state index in [0.29, 0.717) is 5.56 Å². The van der Waals surface area contributed by atoms with Gasteiger partial charge in [-0.2, -0.15) is 0 Å². The van der Waals surface area contributed by atoms with E-state index in [1.165, 1.54) is 13.0 Å². The summed E-state index contributed by atoms with van der Waals surface area (Å²) in [5, 5.41) is 6.48. The van der Waals surface area contributed by atoms with Gasteiger partial charge in [0.25, 0.3) is 5.89 Å². The van der Waals surface area contributed by atoms with E-state index in [9.17, 15) is 8.78 Å². The van der Waals surface area contributed by atoms with Crippen LogP contribution in [0.5, 0.6) is 0 Å². The Morgan fingerprint density at radius 3 is 2.60 bits per heavy atom. The zero-order chi connectivity index (χ0) is 11.0. The zero-order valence-electron chi connectivity index (χ0n) is 7.59. The molecule has 0 radical (unpaired) electrons. The maximum absolute atomic E-state index is 13.5. The van der Waals surface area contributed by atoms with Crippen molar-refractivity contribution in [3.8, 4) is 11.5 Å². The minimum atomic E-state index is -0.765. The van der Waals surface area contributed by atoms with E-state index in [0.717, 1.165) is 6.07 Å². The molecule has 0 amide bonds. The van der Waals surface area contributed by atoms with Crippen molar-refractivity contribution < 1.29 is 13.2 Å². The summed E-state index contributed by atoms with van der Waals surface area (Å²) < 4.78 is 31.6. The number of hydrogen-bond donors (Lipinski definition) is 0. The van der Waals surface area contributed by atoms with E-state index in [2.05, 4.69) is 10.2 Å². The lowest BCUT2D eigenvalue weighted by Gasteiger charge is -2.02. The highest BCUT2D eigenvalue weighted by Crippen LogP contribution is 2.27. The van der Waals surface area contributed by atoms with Gasteiger partial charge in [0.1, 0.15) is 17.2 Å². The molecule has 78 valence electrons. The Labute approximate surface area is 88.7 Å². The number of aryl methyl sites for hydroxylation is 1. The zero-order valence-corrected chi connectivity index (χ0v) is 8.35.